The fourth-order valence-electron chi connectivity index (χ4n) is 1.91. The van der Waals surface area contributed by atoms with Gasteiger partial charge in [-0.05, 0) is 32.4 Å². The Morgan fingerprint density at radius 3 is 2.68 bits per heavy atom. The summed E-state index contributed by atoms with van der Waals surface area (Å²) in [6.07, 6.45) is 0. The number of carboxylic acids is 1. The molecule has 0 saturated carbocycles. The zero-order valence-corrected chi connectivity index (χ0v) is 11.0. The highest BCUT2D eigenvalue weighted by atomic mass is 16.5. The molecule has 2 aromatic rings. The monoisotopic (exact) mass is 261 g/mol. The third-order valence-corrected chi connectivity index (χ3v) is 2.67. The quantitative estimate of drug-likeness (QED) is 0.878. The number of hydrogen-bond acceptors (Lipinski definition) is 5. The molecule has 0 fully saturated rings. The van der Waals surface area contributed by atoms with E-state index >= 15 is 0 Å². The summed E-state index contributed by atoms with van der Waals surface area (Å²) >= 11 is 0. The highest BCUT2D eigenvalue weighted by molar-refractivity contribution is 5.94. The first-order valence-corrected chi connectivity index (χ1v) is 5.85. The van der Waals surface area contributed by atoms with Gasteiger partial charge >= 0.3 is 5.97 Å². The number of anilines is 1. The summed E-state index contributed by atoms with van der Waals surface area (Å²) in [6.45, 7) is 5.75. The number of pyridine rings is 1. The highest BCUT2D eigenvalue weighted by Crippen LogP contribution is 2.19. The first-order valence-electron chi connectivity index (χ1n) is 5.85. The van der Waals surface area contributed by atoms with Crippen molar-refractivity contribution in [2.24, 2.45) is 0 Å². The molecular weight excluding hydrogens is 246 g/mol. The van der Waals surface area contributed by atoms with E-state index in [2.05, 4.69) is 15.5 Å². The Balaban J connectivity index is 2.26. The number of rotatable bonds is 4. The number of nitrogens with one attached hydrogen (secondary N) is 1. The van der Waals surface area contributed by atoms with E-state index in [1.165, 1.54) is 0 Å². The Labute approximate surface area is 110 Å². The van der Waals surface area contributed by atoms with Crippen LogP contribution in [0.2, 0.25) is 0 Å². The van der Waals surface area contributed by atoms with Crippen LogP contribution in [0, 0.1) is 20.8 Å². The Bertz CT molecular complexity index is 620. The van der Waals surface area contributed by atoms with Crippen LogP contribution in [0.25, 0.3) is 0 Å². The zero-order valence-electron chi connectivity index (χ0n) is 11.0. The normalized spacial score (nSPS) is 10.5. The average Bonchev–Trinajstić information content (AvgIpc) is 2.71. The molecule has 0 unspecified atom stereocenters. The molecule has 0 aliphatic heterocycles. The lowest BCUT2D eigenvalue weighted by atomic mass is 10.1. The van der Waals surface area contributed by atoms with Crippen LogP contribution >= 0.6 is 0 Å². The third-order valence-electron chi connectivity index (χ3n) is 2.67. The molecule has 0 bridgehead atoms. The number of aromatic nitrogens is 2. The fourth-order valence-corrected chi connectivity index (χ4v) is 1.91. The van der Waals surface area contributed by atoms with Crippen LogP contribution in [0.1, 0.15) is 33.1 Å². The third kappa shape index (κ3) is 2.90. The second-order valence-electron chi connectivity index (χ2n) is 4.39. The lowest BCUT2D eigenvalue weighted by Crippen LogP contribution is -2.11. The van der Waals surface area contributed by atoms with Crippen LogP contribution in [0.5, 0.6) is 0 Å². The van der Waals surface area contributed by atoms with E-state index in [9.17, 15) is 9.90 Å². The van der Waals surface area contributed by atoms with Gasteiger partial charge in [0.1, 0.15) is 22.8 Å². The van der Waals surface area contributed by atoms with Crippen LogP contribution in [-0.4, -0.2) is 21.2 Å². The second kappa shape index (κ2) is 5.09. The lowest BCUT2D eigenvalue weighted by Gasteiger charge is -2.10. The van der Waals surface area contributed by atoms with Crippen molar-refractivity contribution in [3.05, 3.63) is 40.4 Å². The van der Waals surface area contributed by atoms with Crippen LogP contribution in [0.15, 0.2) is 16.7 Å². The molecule has 0 saturated heterocycles. The van der Waals surface area contributed by atoms with Gasteiger partial charge < -0.3 is 14.9 Å². The summed E-state index contributed by atoms with van der Waals surface area (Å²) < 4.78 is 4.95. The topological polar surface area (TPSA) is 88.2 Å². The smallest absolute Gasteiger partial charge is 0.339 e. The van der Waals surface area contributed by atoms with Crippen molar-refractivity contribution in [1.29, 1.82) is 0 Å². The minimum Gasteiger partial charge on any atom is -0.478 e. The van der Waals surface area contributed by atoms with Crippen molar-refractivity contribution >= 4 is 11.8 Å². The van der Waals surface area contributed by atoms with E-state index in [4.69, 9.17) is 4.52 Å². The van der Waals surface area contributed by atoms with Crippen molar-refractivity contribution in [2.75, 3.05) is 5.32 Å². The molecule has 6 heteroatoms. The molecule has 0 atom stereocenters. The summed E-state index contributed by atoms with van der Waals surface area (Å²) in [5, 5.41) is 16.1. The fraction of sp³-hybridized carbons (Fsp3) is 0.308. The number of aromatic carboxylic acids is 1. The van der Waals surface area contributed by atoms with E-state index in [1.54, 1.807) is 26.0 Å². The van der Waals surface area contributed by atoms with Gasteiger partial charge in [-0.2, -0.15) is 0 Å². The van der Waals surface area contributed by atoms with Crippen molar-refractivity contribution in [3.8, 4) is 0 Å². The number of carbonyl (C=O) groups is 1. The minimum atomic E-state index is -0.996. The molecule has 2 N–H and O–H groups in total. The summed E-state index contributed by atoms with van der Waals surface area (Å²) in [5.41, 5.74) is 2.33. The van der Waals surface area contributed by atoms with Crippen molar-refractivity contribution in [3.63, 3.8) is 0 Å². The number of nitrogens with zero attached hydrogens (tertiary/aromatic N) is 2. The van der Waals surface area contributed by atoms with Crippen LogP contribution in [0.4, 0.5) is 5.82 Å². The summed E-state index contributed by atoms with van der Waals surface area (Å²) in [4.78, 5) is 15.5. The molecule has 0 amide bonds. The summed E-state index contributed by atoms with van der Waals surface area (Å²) in [7, 11) is 0. The number of aryl methyl sites for hydroxylation is 3. The average molecular weight is 261 g/mol. The molecule has 100 valence electrons. The van der Waals surface area contributed by atoms with Gasteiger partial charge in [-0.25, -0.2) is 9.78 Å². The number of carboxylic acid groups (broad SMARTS) is 1. The predicted molar refractivity (Wildman–Crippen MR) is 69.2 cm³/mol. The van der Waals surface area contributed by atoms with Crippen molar-refractivity contribution in [2.45, 2.75) is 27.3 Å². The molecule has 0 aliphatic carbocycles. The summed E-state index contributed by atoms with van der Waals surface area (Å²) in [5.74, 6) is 0.0677. The van der Waals surface area contributed by atoms with Crippen molar-refractivity contribution < 1.29 is 14.4 Å². The summed E-state index contributed by atoms with van der Waals surface area (Å²) in [6, 6.07) is 3.53. The SMILES string of the molecule is Cc1cc(C)c(C(=O)O)c(NCc2cc(C)on2)n1. The second-order valence-corrected chi connectivity index (χ2v) is 4.39. The van der Waals surface area contributed by atoms with E-state index < -0.39 is 5.97 Å². The van der Waals surface area contributed by atoms with Gasteiger partial charge in [-0.3, -0.25) is 0 Å². The Hall–Kier alpha value is -2.37. The highest BCUT2D eigenvalue weighted by Gasteiger charge is 2.15. The van der Waals surface area contributed by atoms with E-state index in [-0.39, 0.29) is 5.56 Å². The van der Waals surface area contributed by atoms with Gasteiger partial charge in [0.15, 0.2) is 0 Å². The molecule has 19 heavy (non-hydrogen) atoms. The predicted octanol–water partition coefficient (Wildman–Crippen LogP) is 2.31. The van der Waals surface area contributed by atoms with Crippen LogP contribution < -0.4 is 5.32 Å². The molecule has 6 nitrogen and oxygen atoms in total. The largest absolute Gasteiger partial charge is 0.478 e. The molecular formula is C13H15N3O3. The van der Waals surface area contributed by atoms with Crippen molar-refractivity contribution in [1.82, 2.24) is 10.1 Å². The maximum absolute atomic E-state index is 11.3. The molecule has 0 radical (unpaired) electrons. The van der Waals surface area contributed by atoms with Gasteiger partial charge in [0, 0.05) is 11.8 Å². The van der Waals surface area contributed by atoms with Crippen LogP contribution in [-0.2, 0) is 6.54 Å². The van der Waals surface area contributed by atoms with Crippen LogP contribution in [0.3, 0.4) is 0 Å². The van der Waals surface area contributed by atoms with E-state index in [0.29, 0.717) is 29.4 Å². The van der Waals surface area contributed by atoms with Gasteiger partial charge in [-0.15, -0.1) is 0 Å². The minimum absolute atomic E-state index is 0.186. The first-order chi connectivity index (χ1) is 8.97. The lowest BCUT2D eigenvalue weighted by molar-refractivity contribution is 0.0697. The number of hydrogen-bond donors (Lipinski definition) is 2. The van der Waals surface area contributed by atoms with E-state index in [0.717, 1.165) is 5.69 Å². The molecule has 2 aromatic heterocycles. The molecule has 2 rings (SSSR count). The van der Waals surface area contributed by atoms with Gasteiger partial charge in [0.2, 0.25) is 0 Å². The first kappa shape index (κ1) is 13.1. The molecule has 0 aliphatic rings. The Morgan fingerprint density at radius 2 is 2.11 bits per heavy atom. The molecule has 0 aromatic carbocycles. The Kier molecular flexibility index (Phi) is 3.50. The van der Waals surface area contributed by atoms with Gasteiger partial charge in [0.05, 0.1) is 6.54 Å². The van der Waals surface area contributed by atoms with E-state index in [1.807, 2.05) is 6.92 Å². The van der Waals surface area contributed by atoms with Gasteiger partial charge in [0.25, 0.3) is 0 Å². The Morgan fingerprint density at radius 1 is 1.37 bits per heavy atom. The standard InChI is InChI=1S/C13H15N3O3/c1-7-4-8(2)15-12(11(7)13(17)18)14-6-10-5-9(3)19-16-10/h4-5H,6H2,1-3H3,(H,14,15)(H,17,18). The molecule has 2 heterocycles. The maximum Gasteiger partial charge on any atom is 0.339 e. The molecule has 0 spiro atoms. The van der Waals surface area contributed by atoms with Gasteiger partial charge in [-0.1, -0.05) is 5.16 Å². The zero-order chi connectivity index (χ0) is 14.0. The maximum atomic E-state index is 11.3.